The van der Waals surface area contributed by atoms with Crippen molar-refractivity contribution in [2.75, 3.05) is 5.32 Å². The molecule has 3 amide bonds. The number of carbonyl (C=O) groups excluding carboxylic acids is 2. The number of aromatic nitrogens is 1. The Hall–Kier alpha value is -2.44. The molecule has 1 heterocycles. The molecule has 0 radical (unpaired) electrons. The highest BCUT2D eigenvalue weighted by atomic mass is 16.4. The second-order valence-electron chi connectivity index (χ2n) is 5.00. The molecule has 3 N–H and O–H groups in total. The molecule has 1 rings (SSSR count). The second kappa shape index (κ2) is 6.14. The lowest BCUT2D eigenvalue weighted by Crippen LogP contribution is -2.38. The van der Waals surface area contributed by atoms with E-state index in [1.807, 2.05) is 0 Å². The van der Waals surface area contributed by atoms with Crippen LogP contribution in [0.25, 0.3) is 0 Å². The molecule has 0 aliphatic rings. The number of hydrogen-bond donors (Lipinski definition) is 3. The lowest BCUT2D eigenvalue weighted by Gasteiger charge is -2.18. The molecule has 7 nitrogen and oxygen atoms in total. The number of pyridine rings is 1. The van der Waals surface area contributed by atoms with Crippen molar-refractivity contribution >= 4 is 23.6 Å². The topological polar surface area (TPSA) is 108 Å². The molecule has 0 fully saturated rings. The first-order chi connectivity index (χ1) is 9.22. The van der Waals surface area contributed by atoms with E-state index in [-0.39, 0.29) is 6.42 Å². The van der Waals surface area contributed by atoms with Crippen LogP contribution < -0.4 is 10.6 Å². The van der Waals surface area contributed by atoms with Gasteiger partial charge in [-0.3, -0.25) is 19.9 Å². The number of carbonyl (C=O) groups is 3. The van der Waals surface area contributed by atoms with Crippen LogP contribution in [0.4, 0.5) is 10.5 Å². The molecule has 7 heteroatoms. The van der Waals surface area contributed by atoms with Crippen molar-refractivity contribution in [1.29, 1.82) is 0 Å². The van der Waals surface area contributed by atoms with Gasteiger partial charge in [-0.1, -0.05) is 0 Å². The van der Waals surface area contributed by atoms with E-state index < -0.39 is 23.3 Å². The molecule has 1 aromatic heterocycles. The summed E-state index contributed by atoms with van der Waals surface area (Å²) >= 11 is 0. The summed E-state index contributed by atoms with van der Waals surface area (Å²) < 4.78 is 0. The van der Waals surface area contributed by atoms with E-state index in [1.54, 1.807) is 25.3 Å². The van der Waals surface area contributed by atoms with Crippen LogP contribution in [0.15, 0.2) is 18.3 Å². The zero-order chi connectivity index (χ0) is 15.3. The van der Waals surface area contributed by atoms with Crippen molar-refractivity contribution in [2.45, 2.75) is 27.2 Å². The van der Waals surface area contributed by atoms with E-state index in [0.29, 0.717) is 11.4 Å². The maximum atomic E-state index is 11.6. The number of aliphatic carboxylic acids is 1. The van der Waals surface area contributed by atoms with Gasteiger partial charge in [0.15, 0.2) is 0 Å². The number of hydrogen-bond acceptors (Lipinski definition) is 4. The molecule has 108 valence electrons. The summed E-state index contributed by atoms with van der Waals surface area (Å²) in [5.74, 6) is -1.76. The fourth-order valence-electron chi connectivity index (χ4n) is 1.42. The molecule has 0 saturated carbocycles. The molecular formula is C13H17N3O4. The molecule has 0 bridgehead atoms. The Morgan fingerprint density at radius 3 is 2.55 bits per heavy atom. The first-order valence-corrected chi connectivity index (χ1v) is 5.98. The van der Waals surface area contributed by atoms with Crippen LogP contribution in [0.3, 0.4) is 0 Å². The first kappa shape index (κ1) is 15.6. The van der Waals surface area contributed by atoms with Crippen molar-refractivity contribution in [3.63, 3.8) is 0 Å². The predicted octanol–water partition coefficient (Wildman–Crippen LogP) is 1.54. The summed E-state index contributed by atoms with van der Waals surface area (Å²) in [5, 5.41) is 13.5. The number of urea groups is 1. The monoisotopic (exact) mass is 279 g/mol. The van der Waals surface area contributed by atoms with E-state index in [0.717, 1.165) is 0 Å². The van der Waals surface area contributed by atoms with Gasteiger partial charge in [0.1, 0.15) is 0 Å². The number of nitrogens with one attached hydrogen (secondary N) is 2. The summed E-state index contributed by atoms with van der Waals surface area (Å²) in [5.41, 5.74) is -0.134. The zero-order valence-corrected chi connectivity index (χ0v) is 11.6. The van der Waals surface area contributed by atoms with Crippen LogP contribution >= 0.6 is 0 Å². The number of carboxylic acids is 1. The summed E-state index contributed by atoms with van der Waals surface area (Å²) in [6, 6.07) is 2.58. The van der Waals surface area contributed by atoms with Crippen molar-refractivity contribution in [1.82, 2.24) is 10.3 Å². The molecule has 0 unspecified atom stereocenters. The number of aryl methyl sites for hydroxylation is 1. The van der Waals surface area contributed by atoms with Gasteiger partial charge in [0.2, 0.25) is 5.91 Å². The minimum absolute atomic E-state index is 0.290. The smallest absolute Gasteiger partial charge is 0.325 e. The summed E-state index contributed by atoms with van der Waals surface area (Å²) in [7, 11) is 0. The fraction of sp³-hybridized carbons (Fsp3) is 0.385. The molecule has 0 aromatic carbocycles. The van der Waals surface area contributed by atoms with Gasteiger partial charge in [0.05, 0.1) is 16.8 Å². The highest BCUT2D eigenvalue weighted by Gasteiger charge is 2.30. The number of imide groups is 1. The van der Waals surface area contributed by atoms with Crippen molar-refractivity contribution in [3.05, 3.63) is 24.0 Å². The Labute approximate surface area is 116 Å². The van der Waals surface area contributed by atoms with Gasteiger partial charge in [0, 0.05) is 12.6 Å². The van der Waals surface area contributed by atoms with Gasteiger partial charge in [-0.2, -0.15) is 0 Å². The van der Waals surface area contributed by atoms with Crippen LogP contribution in [0.2, 0.25) is 0 Å². The minimum atomic E-state index is -1.23. The van der Waals surface area contributed by atoms with Gasteiger partial charge in [0.25, 0.3) is 0 Å². The summed E-state index contributed by atoms with van der Waals surface area (Å²) in [6.45, 7) is 4.54. The molecular weight excluding hydrogens is 262 g/mol. The molecule has 0 spiro atoms. The van der Waals surface area contributed by atoms with Crippen LogP contribution in [-0.4, -0.2) is 28.0 Å². The number of carboxylic acid groups (broad SMARTS) is 1. The SMILES string of the molecule is Cc1ncccc1NC(=O)NC(=O)CC(C)(C)C(=O)O. The fourth-order valence-corrected chi connectivity index (χ4v) is 1.42. The van der Waals surface area contributed by atoms with E-state index >= 15 is 0 Å². The van der Waals surface area contributed by atoms with Gasteiger partial charge in [-0.25, -0.2) is 4.79 Å². The Morgan fingerprint density at radius 2 is 2.00 bits per heavy atom. The highest BCUT2D eigenvalue weighted by Crippen LogP contribution is 2.20. The quantitative estimate of drug-likeness (QED) is 0.774. The van der Waals surface area contributed by atoms with E-state index in [1.165, 1.54) is 13.8 Å². The standard InChI is InChI=1S/C13H17N3O4/c1-8-9(5-4-6-14-8)15-12(20)16-10(17)7-13(2,3)11(18)19/h4-6H,7H2,1-3H3,(H,18,19)(H2,15,16,17,20). The maximum absolute atomic E-state index is 11.6. The third kappa shape index (κ3) is 4.34. The van der Waals surface area contributed by atoms with Crippen LogP contribution in [0.5, 0.6) is 0 Å². The first-order valence-electron chi connectivity index (χ1n) is 5.98. The van der Waals surface area contributed by atoms with Crippen molar-refractivity contribution in [2.24, 2.45) is 5.41 Å². The van der Waals surface area contributed by atoms with Gasteiger partial charge < -0.3 is 10.4 Å². The van der Waals surface area contributed by atoms with Crippen LogP contribution in [0, 0.1) is 12.3 Å². The molecule has 0 aliphatic carbocycles. The third-order valence-electron chi connectivity index (χ3n) is 2.69. The van der Waals surface area contributed by atoms with Crippen LogP contribution in [0.1, 0.15) is 26.0 Å². The normalized spacial score (nSPS) is 10.8. The molecule has 0 saturated heterocycles. The van der Waals surface area contributed by atoms with Gasteiger partial charge in [-0.05, 0) is 32.9 Å². The lowest BCUT2D eigenvalue weighted by atomic mass is 9.89. The maximum Gasteiger partial charge on any atom is 0.325 e. The molecule has 0 aliphatic heterocycles. The zero-order valence-electron chi connectivity index (χ0n) is 11.6. The molecule has 20 heavy (non-hydrogen) atoms. The van der Waals surface area contributed by atoms with E-state index in [4.69, 9.17) is 5.11 Å². The average Bonchev–Trinajstić information content (AvgIpc) is 2.30. The predicted molar refractivity (Wildman–Crippen MR) is 72.2 cm³/mol. The number of amides is 3. The lowest BCUT2D eigenvalue weighted by molar-refractivity contribution is -0.149. The van der Waals surface area contributed by atoms with E-state index in [9.17, 15) is 14.4 Å². The second-order valence-corrected chi connectivity index (χ2v) is 5.00. The van der Waals surface area contributed by atoms with Gasteiger partial charge in [-0.15, -0.1) is 0 Å². The average molecular weight is 279 g/mol. The number of rotatable bonds is 4. The number of anilines is 1. The Bertz CT molecular complexity index is 540. The Balaban J connectivity index is 2.57. The third-order valence-corrected chi connectivity index (χ3v) is 2.69. The van der Waals surface area contributed by atoms with Crippen LogP contribution in [-0.2, 0) is 9.59 Å². The number of nitrogens with zero attached hydrogens (tertiary/aromatic N) is 1. The van der Waals surface area contributed by atoms with Gasteiger partial charge >= 0.3 is 12.0 Å². The molecule has 1 aromatic rings. The van der Waals surface area contributed by atoms with E-state index in [2.05, 4.69) is 15.6 Å². The van der Waals surface area contributed by atoms with Crippen molar-refractivity contribution in [3.8, 4) is 0 Å². The summed E-state index contributed by atoms with van der Waals surface area (Å²) in [4.78, 5) is 38.1. The molecule has 0 atom stereocenters. The van der Waals surface area contributed by atoms with Crippen molar-refractivity contribution < 1.29 is 19.5 Å². The highest BCUT2D eigenvalue weighted by molar-refractivity contribution is 6.02. The Kier molecular flexibility index (Phi) is 4.79. The summed E-state index contributed by atoms with van der Waals surface area (Å²) in [6.07, 6.45) is 1.29. The minimum Gasteiger partial charge on any atom is -0.481 e. The largest absolute Gasteiger partial charge is 0.481 e. The Morgan fingerprint density at radius 1 is 1.35 bits per heavy atom.